The van der Waals surface area contributed by atoms with E-state index in [1.165, 1.54) is 12.1 Å². The average molecular weight is 318 g/mol. The summed E-state index contributed by atoms with van der Waals surface area (Å²) in [6.07, 6.45) is -0.0326. The first-order valence-corrected chi connectivity index (χ1v) is 6.90. The predicted octanol–water partition coefficient (Wildman–Crippen LogP) is 4.58. The van der Waals surface area contributed by atoms with E-state index in [0.717, 1.165) is 24.6 Å². The summed E-state index contributed by atoms with van der Waals surface area (Å²) in [5, 5.41) is 6.98. The van der Waals surface area contributed by atoms with Gasteiger partial charge in [-0.05, 0) is 24.6 Å². The van der Waals surface area contributed by atoms with Crippen LogP contribution in [0.4, 0.5) is 18.9 Å². The number of hydrogen-bond acceptors (Lipinski definition) is 2. The molecule has 0 radical (unpaired) electrons. The highest BCUT2D eigenvalue weighted by molar-refractivity contribution is 6.30. The summed E-state index contributed by atoms with van der Waals surface area (Å²) in [7, 11) is 0. The molecule has 2 aromatic rings. The van der Waals surface area contributed by atoms with Gasteiger partial charge in [-0.3, -0.25) is 4.68 Å². The van der Waals surface area contributed by atoms with Crippen LogP contribution < -0.4 is 5.32 Å². The first kappa shape index (κ1) is 15.7. The van der Waals surface area contributed by atoms with Crippen molar-refractivity contribution in [1.29, 1.82) is 0 Å². The zero-order chi connectivity index (χ0) is 15.5. The van der Waals surface area contributed by atoms with Crippen LogP contribution in [-0.4, -0.2) is 9.78 Å². The Labute approximate surface area is 125 Å². The minimum Gasteiger partial charge on any atom is -0.380 e. The third-order valence-corrected chi connectivity index (χ3v) is 3.14. The fourth-order valence-corrected chi connectivity index (χ4v) is 2.12. The van der Waals surface area contributed by atoms with Crippen molar-refractivity contribution in [2.75, 3.05) is 5.32 Å². The number of halogens is 4. The van der Waals surface area contributed by atoms with Crippen LogP contribution >= 0.6 is 11.6 Å². The van der Waals surface area contributed by atoms with Crippen LogP contribution in [-0.2, 0) is 19.3 Å². The van der Waals surface area contributed by atoms with Crippen molar-refractivity contribution >= 4 is 17.3 Å². The van der Waals surface area contributed by atoms with Gasteiger partial charge in [0.25, 0.3) is 0 Å². The summed E-state index contributed by atoms with van der Waals surface area (Å²) in [6.45, 7) is 3.09. The van der Waals surface area contributed by atoms with Gasteiger partial charge < -0.3 is 5.32 Å². The lowest BCUT2D eigenvalue weighted by Gasteiger charge is -2.14. The maximum absolute atomic E-state index is 12.9. The van der Waals surface area contributed by atoms with Gasteiger partial charge >= 0.3 is 6.18 Å². The molecule has 0 aliphatic heterocycles. The minimum absolute atomic E-state index is 0.00939. The smallest absolute Gasteiger partial charge is 0.380 e. The third kappa shape index (κ3) is 4.14. The molecule has 0 fully saturated rings. The van der Waals surface area contributed by atoms with Crippen LogP contribution in [0.15, 0.2) is 30.6 Å². The molecular weight excluding hydrogens is 303 g/mol. The molecule has 21 heavy (non-hydrogen) atoms. The van der Waals surface area contributed by atoms with Crippen LogP contribution in [0.25, 0.3) is 0 Å². The van der Waals surface area contributed by atoms with E-state index in [4.69, 9.17) is 11.6 Å². The maximum atomic E-state index is 12.9. The number of anilines is 1. The SMILES string of the molecule is CCCn1cc(CNc2ccc(Cl)cc2C(F)(F)F)cn1. The molecular formula is C14H15ClF3N3. The zero-order valence-corrected chi connectivity index (χ0v) is 12.2. The van der Waals surface area contributed by atoms with E-state index in [2.05, 4.69) is 10.4 Å². The Morgan fingerprint density at radius 3 is 2.76 bits per heavy atom. The Bertz CT molecular complexity index is 608. The summed E-state index contributed by atoms with van der Waals surface area (Å²) in [5.74, 6) is 0. The highest BCUT2D eigenvalue weighted by Gasteiger charge is 2.33. The van der Waals surface area contributed by atoms with Crippen LogP contribution in [0, 0.1) is 0 Å². The molecule has 0 amide bonds. The number of aryl methyl sites for hydroxylation is 1. The van der Waals surface area contributed by atoms with E-state index in [1.54, 1.807) is 10.9 Å². The van der Waals surface area contributed by atoms with E-state index in [1.807, 2.05) is 13.1 Å². The second-order valence-electron chi connectivity index (χ2n) is 4.65. The molecule has 0 atom stereocenters. The zero-order valence-electron chi connectivity index (χ0n) is 11.4. The maximum Gasteiger partial charge on any atom is 0.418 e. The summed E-state index contributed by atoms with van der Waals surface area (Å²) in [6, 6.07) is 3.69. The summed E-state index contributed by atoms with van der Waals surface area (Å²) < 4.78 is 40.6. The van der Waals surface area contributed by atoms with Crippen molar-refractivity contribution in [2.45, 2.75) is 32.6 Å². The second kappa shape index (κ2) is 6.39. The topological polar surface area (TPSA) is 29.9 Å². The van der Waals surface area contributed by atoms with Crippen molar-refractivity contribution < 1.29 is 13.2 Å². The first-order valence-electron chi connectivity index (χ1n) is 6.52. The molecule has 0 saturated carbocycles. The number of alkyl halides is 3. The molecule has 0 bridgehead atoms. The van der Waals surface area contributed by atoms with Crippen molar-refractivity contribution in [2.24, 2.45) is 0 Å². The number of nitrogens with one attached hydrogen (secondary N) is 1. The van der Waals surface area contributed by atoms with Crippen LogP contribution in [0.2, 0.25) is 5.02 Å². The van der Waals surface area contributed by atoms with Crippen LogP contribution in [0.5, 0.6) is 0 Å². The lowest BCUT2D eigenvalue weighted by molar-refractivity contribution is -0.136. The number of rotatable bonds is 5. The van der Waals surface area contributed by atoms with E-state index < -0.39 is 11.7 Å². The quantitative estimate of drug-likeness (QED) is 0.875. The number of benzene rings is 1. The third-order valence-electron chi connectivity index (χ3n) is 2.91. The molecule has 0 saturated heterocycles. The molecule has 1 aromatic heterocycles. The largest absolute Gasteiger partial charge is 0.418 e. The van der Waals surface area contributed by atoms with Gasteiger partial charge in [0.2, 0.25) is 0 Å². The lowest BCUT2D eigenvalue weighted by atomic mass is 10.1. The Hall–Kier alpha value is -1.69. The Morgan fingerprint density at radius 2 is 2.10 bits per heavy atom. The van der Waals surface area contributed by atoms with Gasteiger partial charge in [-0.2, -0.15) is 18.3 Å². The van der Waals surface area contributed by atoms with Gasteiger partial charge in [0, 0.05) is 35.6 Å². The summed E-state index contributed by atoms with van der Waals surface area (Å²) in [4.78, 5) is 0. The average Bonchev–Trinajstić information content (AvgIpc) is 2.84. The van der Waals surface area contributed by atoms with Gasteiger partial charge in [-0.25, -0.2) is 0 Å². The predicted molar refractivity (Wildman–Crippen MR) is 76.3 cm³/mol. The van der Waals surface area contributed by atoms with Gasteiger partial charge in [0.05, 0.1) is 11.8 Å². The standard InChI is InChI=1S/C14H15ClF3N3/c1-2-5-21-9-10(8-20-21)7-19-13-4-3-11(15)6-12(13)14(16,17)18/h3-4,6,8-9,19H,2,5,7H2,1H3. The Morgan fingerprint density at radius 1 is 1.33 bits per heavy atom. The van der Waals surface area contributed by atoms with E-state index >= 15 is 0 Å². The molecule has 0 aliphatic rings. The molecule has 1 heterocycles. The molecule has 1 aromatic carbocycles. The van der Waals surface area contributed by atoms with Crippen molar-refractivity contribution in [3.8, 4) is 0 Å². The number of hydrogen-bond donors (Lipinski definition) is 1. The molecule has 2 rings (SSSR count). The van der Waals surface area contributed by atoms with E-state index in [9.17, 15) is 13.2 Å². The molecule has 0 spiro atoms. The van der Waals surface area contributed by atoms with Gasteiger partial charge in [0.15, 0.2) is 0 Å². The summed E-state index contributed by atoms with van der Waals surface area (Å²) >= 11 is 5.64. The van der Waals surface area contributed by atoms with Crippen molar-refractivity contribution in [3.05, 3.63) is 46.7 Å². The molecule has 7 heteroatoms. The highest BCUT2D eigenvalue weighted by Crippen LogP contribution is 2.36. The van der Waals surface area contributed by atoms with Gasteiger partial charge in [-0.15, -0.1) is 0 Å². The highest BCUT2D eigenvalue weighted by atomic mass is 35.5. The summed E-state index contributed by atoms with van der Waals surface area (Å²) in [5.41, 5.74) is 0.0672. The molecule has 1 N–H and O–H groups in total. The lowest BCUT2D eigenvalue weighted by Crippen LogP contribution is -2.10. The molecule has 3 nitrogen and oxygen atoms in total. The first-order chi connectivity index (χ1) is 9.90. The minimum atomic E-state index is -4.44. The van der Waals surface area contributed by atoms with E-state index in [-0.39, 0.29) is 17.3 Å². The number of nitrogens with zero attached hydrogens (tertiary/aromatic N) is 2. The fourth-order valence-electron chi connectivity index (χ4n) is 1.95. The monoisotopic (exact) mass is 317 g/mol. The van der Waals surface area contributed by atoms with Gasteiger partial charge in [0.1, 0.15) is 0 Å². The molecule has 114 valence electrons. The second-order valence-corrected chi connectivity index (χ2v) is 5.09. The molecule has 0 unspecified atom stereocenters. The number of aromatic nitrogens is 2. The van der Waals surface area contributed by atoms with Crippen LogP contribution in [0.3, 0.4) is 0 Å². The van der Waals surface area contributed by atoms with Crippen molar-refractivity contribution in [3.63, 3.8) is 0 Å². The Balaban J connectivity index is 2.12. The Kier molecular flexibility index (Phi) is 4.77. The molecule has 0 aliphatic carbocycles. The van der Waals surface area contributed by atoms with Gasteiger partial charge in [-0.1, -0.05) is 18.5 Å². The van der Waals surface area contributed by atoms with Crippen molar-refractivity contribution in [1.82, 2.24) is 9.78 Å². The fraction of sp³-hybridized carbons (Fsp3) is 0.357. The van der Waals surface area contributed by atoms with E-state index in [0.29, 0.717) is 0 Å². The van der Waals surface area contributed by atoms with Crippen LogP contribution in [0.1, 0.15) is 24.5 Å². The normalized spacial score (nSPS) is 11.7.